The summed E-state index contributed by atoms with van der Waals surface area (Å²) in [6, 6.07) is 15.2. The highest BCUT2D eigenvalue weighted by Gasteiger charge is 2.31. The number of amides is 2. The van der Waals surface area contributed by atoms with E-state index in [9.17, 15) is 19.5 Å². The highest BCUT2D eigenvalue weighted by atomic mass is 16.7. The van der Waals surface area contributed by atoms with Crippen LogP contribution >= 0.6 is 0 Å². The third-order valence-electron chi connectivity index (χ3n) is 6.51. The minimum absolute atomic E-state index is 0.0307. The molecule has 37 heavy (non-hydrogen) atoms. The summed E-state index contributed by atoms with van der Waals surface area (Å²) in [6.07, 6.45) is -0.314. The highest BCUT2D eigenvalue weighted by molar-refractivity contribution is 6.13. The van der Waals surface area contributed by atoms with Crippen LogP contribution in [-0.4, -0.2) is 53.0 Å². The van der Waals surface area contributed by atoms with Gasteiger partial charge in [0.25, 0.3) is 11.8 Å². The number of anilines is 3. The largest absolute Gasteiger partial charge is 0.507 e. The average molecular weight is 504 g/mol. The summed E-state index contributed by atoms with van der Waals surface area (Å²) in [7, 11) is 1.47. The van der Waals surface area contributed by atoms with Gasteiger partial charge >= 0.3 is 6.16 Å². The number of hydrogen-bond donors (Lipinski definition) is 4. The lowest BCUT2D eigenvalue weighted by Crippen LogP contribution is -2.46. The molecule has 4 N–H and O–H groups in total. The van der Waals surface area contributed by atoms with Crippen molar-refractivity contribution < 1.29 is 34.1 Å². The number of rotatable bonds is 4. The van der Waals surface area contributed by atoms with Gasteiger partial charge in [0, 0.05) is 18.5 Å². The molecule has 1 saturated heterocycles. The Morgan fingerprint density at radius 2 is 1.73 bits per heavy atom. The van der Waals surface area contributed by atoms with E-state index in [0.717, 1.165) is 24.0 Å². The van der Waals surface area contributed by atoms with Crippen LogP contribution < -0.4 is 15.4 Å². The lowest BCUT2D eigenvalue weighted by molar-refractivity contribution is -0.0413. The number of ether oxygens (including phenoxy) is 2. The zero-order chi connectivity index (χ0) is 26.1. The van der Waals surface area contributed by atoms with E-state index >= 15 is 0 Å². The molecule has 2 aliphatic heterocycles. The van der Waals surface area contributed by atoms with Crippen molar-refractivity contribution in [2.75, 3.05) is 24.3 Å². The van der Waals surface area contributed by atoms with E-state index in [0.29, 0.717) is 46.9 Å². The zero-order valence-electron chi connectivity index (χ0n) is 20.0. The molecule has 190 valence electrons. The number of carbonyl (C=O) groups is 3. The Morgan fingerprint density at radius 1 is 0.946 bits per heavy atom. The smallest absolute Gasteiger partial charge is 0.504 e. The van der Waals surface area contributed by atoms with E-state index in [1.54, 1.807) is 48.5 Å². The summed E-state index contributed by atoms with van der Waals surface area (Å²) in [5.74, 6) is -0.340. The summed E-state index contributed by atoms with van der Waals surface area (Å²) in [4.78, 5) is 38.8. The van der Waals surface area contributed by atoms with Crippen molar-refractivity contribution in [2.45, 2.75) is 25.5 Å². The maximum absolute atomic E-state index is 13.2. The maximum atomic E-state index is 13.2. The number of likely N-dealkylation sites (tertiary alicyclic amines) is 1. The Balaban J connectivity index is 1.44. The Labute approximate surface area is 212 Å². The van der Waals surface area contributed by atoms with E-state index in [-0.39, 0.29) is 17.6 Å². The third kappa shape index (κ3) is 4.73. The standard InChI is InChI=1S/C27H25N3O7/c1-36-23-14-16(7-10-22(23)31)15-5-8-18-20(12-15)28-19-9-6-17(13-21(19)29-25(18)32)26(33)30-11-3-2-4-24(30)37-27(34)35/h5-10,12-14,24,28,31H,2-4,11H2,1H3,(H,29,32)(H,34,35). The Hall–Kier alpha value is -4.73. The first-order chi connectivity index (χ1) is 17.8. The molecule has 10 heteroatoms. The SMILES string of the molecule is COc1cc(-c2ccc3c(c2)Nc2ccc(C(=O)N4CCCCC4OC(=O)O)cc2NC3=O)ccc1O. The molecular formula is C27H25N3O7. The van der Waals surface area contributed by atoms with Gasteiger partial charge in [-0.3, -0.25) is 9.59 Å². The number of nitrogens with one attached hydrogen (secondary N) is 2. The molecule has 0 bridgehead atoms. The van der Waals surface area contributed by atoms with Crippen LogP contribution in [0.1, 0.15) is 40.0 Å². The zero-order valence-corrected chi connectivity index (χ0v) is 20.0. The van der Waals surface area contributed by atoms with E-state index in [4.69, 9.17) is 14.6 Å². The minimum Gasteiger partial charge on any atom is -0.504 e. The van der Waals surface area contributed by atoms with Gasteiger partial charge in [-0.2, -0.15) is 0 Å². The molecule has 2 amide bonds. The van der Waals surface area contributed by atoms with Crippen molar-refractivity contribution in [3.63, 3.8) is 0 Å². The molecule has 0 saturated carbocycles. The predicted octanol–water partition coefficient (Wildman–Crippen LogP) is 5.02. The molecule has 1 unspecified atom stereocenters. The second kappa shape index (κ2) is 9.73. The molecule has 1 fully saturated rings. The molecule has 0 radical (unpaired) electrons. The molecule has 3 aromatic carbocycles. The van der Waals surface area contributed by atoms with Crippen LogP contribution in [0.15, 0.2) is 54.6 Å². The van der Waals surface area contributed by atoms with Gasteiger partial charge in [-0.05, 0) is 66.4 Å². The summed E-state index contributed by atoms with van der Waals surface area (Å²) in [5.41, 5.74) is 3.93. The topological polar surface area (TPSA) is 137 Å². The summed E-state index contributed by atoms with van der Waals surface area (Å²) in [5, 5.41) is 25.1. The molecule has 1 atom stereocenters. The van der Waals surface area contributed by atoms with Crippen molar-refractivity contribution in [3.05, 3.63) is 65.7 Å². The molecule has 0 aliphatic carbocycles. The second-order valence-corrected chi connectivity index (χ2v) is 8.82. The van der Waals surface area contributed by atoms with Gasteiger partial charge in [0.05, 0.1) is 29.7 Å². The number of phenols is 1. The van der Waals surface area contributed by atoms with Crippen molar-refractivity contribution in [1.29, 1.82) is 0 Å². The van der Waals surface area contributed by atoms with Gasteiger partial charge in [-0.15, -0.1) is 0 Å². The summed E-state index contributed by atoms with van der Waals surface area (Å²) >= 11 is 0. The van der Waals surface area contributed by atoms with Crippen LogP contribution in [0.4, 0.5) is 21.9 Å². The van der Waals surface area contributed by atoms with Gasteiger partial charge in [0.1, 0.15) is 0 Å². The van der Waals surface area contributed by atoms with Gasteiger partial charge < -0.3 is 35.2 Å². The fraction of sp³-hybridized carbons (Fsp3) is 0.222. The summed E-state index contributed by atoms with van der Waals surface area (Å²) in [6.45, 7) is 0.384. The Kier molecular flexibility index (Phi) is 6.31. The predicted molar refractivity (Wildman–Crippen MR) is 136 cm³/mol. The number of benzene rings is 3. The normalized spacial score (nSPS) is 16.4. The third-order valence-corrected chi connectivity index (χ3v) is 6.51. The quantitative estimate of drug-likeness (QED) is 0.364. The van der Waals surface area contributed by atoms with E-state index in [1.165, 1.54) is 12.0 Å². The Bertz CT molecular complexity index is 1400. The van der Waals surface area contributed by atoms with Crippen molar-refractivity contribution in [1.82, 2.24) is 4.90 Å². The Morgan fingerprint density at radius 3 is 2.51 bits per heavy atom. The fourth-order valence-electron chi connectivity index (χ4n) is 4.64. The van der Waals surface area contributed by atoms with Gasteiger partial charge in [-0.1, -0.05) is 12.1 Å². The number of fused-ring (bicyclic) bond motifs is 2. The minimum atomic E-state index is -1.43. The molecule has 0 spiro atoms. The second-order valence-electron chi connectivity index (χ2n) is 8.82. The number of carbonyl (C=O) groups excluding carboxylic acids is 2. The van der Waals surface area contributed by atoms with Crippen LogP contribution in [-0.2, 0) is 4.74 Å². The van der Waals surface area contributed by atoms with Crippen molar-refractivity contribution in [2.24, 2.45) is 0 Å². The number of aromatic hydroxyl groups is 1. The van der Waals surface area contributed by atoms with Crippen LogP contribution in [0.25, 0.3) is 11.1 Å². The first-order valence-electron chi connectivity index (χ1n) is 11.8. The number of methoxy groups -OCH3 is 1. The number of carboxylic acid groups (broad SMARTS) is 1. The first-order valence-corrected chi connectivity index (χ1v) is 11.8. The number of phenolic OH excluding ortho intramolecular Hbond substituents is 1. The monoisotopic (exact) mass is 503 g/mol. The van der Waals surface area contributed by atoms with Gasteiger partial charge in [0.2, 0.25) is 0 Å². The molecule has 10 nitrogen and oxygen atoms in total. The van der Waals surface area contributed by atoms with Crippen molar-refractivity contribution >= 4 is 35.0 Å². The van der Waals surface area contributed by atoms with Crippen LogP contribution in [0.2, 0.25) is 0 Å². The first kappa shape index (κ1) is 24.0. The average Bonchev–Trinajstić information content (AvgIpc) is 3.03. The number of nitrogens with zero attached hydrogens (tertiary/aromatic N) is 1. The molecular weight excluding hydrogens is 478 g/mol. The van der Waals surface area contributed by atoms with Crippen LogP contribution in [0.5, 0.6) is 11.5 Å². The number of piperidine rings is 1. The van der Waals surface area contributed by atoms with E-state index in [2.05, 4.69) is 10.6 Å². The van der Waals surface area contributed by atoms with Crippen LogP contribution in [0, 0.1) is 0 Å². The molecule has 2 heterocycles. The van der Waals surface area contributed by atoms with E-state index < -0.39 is 12.4 Å². The highest BCUT2D eigenvalue weighted by Crippen LogP contribution is 2.37. The number of hydrogen-bond acceptors (Lipinski definition) is 7. The van der Waals surface area contributed by atoms with Crippen LogP contribution in [0.3, 0.4) is 0 Å². The van der Waals surface area contributed by atoms with Crippen molar-refractivity contribution in [3.8, 4) is 22.6 Å². The fourth-order valence-corrected chi connectivity index (χ4v) is 4.64. The lowest BCUT2D eigenvalue weighted by atomic mass is 10.0. The van der Waals surface area contributed by atoms with Gasteiger partial charge in [-0.25, -0.2) is 4.79 Å². The maximum Gasteiger partial charge on any atom is 0.507 e. The molecule has 2 aliphatic rings. The molecule has 5 rings (SSSR count). The lowest BCUT2D eigenvalue weighted by Gasteiger charge is -2.34. The summed E-state index contributed by atoms with van der Waals surface area (Å²) < 4.78 is 10.1. The van der Waals surface area contributed by atoms with E-state index in [1.807, 2.05) is 6.07 Å². The molecule has 0 aromatic heterocycles. The molecule has 3 aromatic rings. The van der Waals surface area contributed by atoms with Gasteiger partial charge in [0.15, 0.2) is 17.7 Å².